The quantitative estimate of drug-likeness (QED) is 0.668. The van der Waals surface area contributed by atoms with E-state index in [0.717, 1.165) is 24.0 Å². The van der Waals surface area contributed by atoms with E-state index in [-0.39, 0.29) is 0 Å². The van der Waals surface area contributed by atoms with Gasteiger partial charge in [-0.15, -0.1) is 9.24 Å². The largest absolute Gasteiger partial charge is 0.328 e. The van der Waals surface area contributed by atoms with Gasteiger partial charge in [0.2, 0.25) is 0 Å². The fraction of sp³-hybridized carbons (Fsp3) is 0.300. The lowest BCUT2D eigenvalue weighted by atomic mass is 10.3. The van der Waals surface area contributed by atoms with Crippen molar-refractivity contribution in [1.29, 1.82) is 0 Å². The Morgan fingerprint density at radius 2 is 2.15 bits per heavy atom. The lowest BCUT2D eigenvalue weighted by Crippen LogP contribution is -1.98. The van der Waals surface area contributed by atoms with Crippen molar-refractivity contribution >= 4 is 20.3 Å². The zero-order valence-corrected chi connectivity index (χ0v) is 8.85. The van der Waals surface area contributed by atoms with Gasteiger partial charge < -0.3 is 4.57 Å². The lowest BCUT2D eigenvalue weighted by molar-refractivity contribution is 0.748. The van der Waals surface area contributed by atoms with E-state index < -0.39 is 0 Å². The molecule has 2 nitrogen and oxygen atoms in total. The van der Waals surface area contributed by atoms with Gasteiger partial charge in [-0.05, 0) is 19.1 Å². The topological polar surface area (TPSA) is 17.8 Å². The van der Waals surface area contributed by atoms with Crippen LogP contribution in [-0.2, 0) is 12.7 Å². The number of aryl methyl sites for hydroxylation is 1. The van der Waals surface area contributed by atoms with Crippen LogP contribution in [0.1, 0.15) is 12.7 Å². The predicted octanol–water partition coefficient (Wildman–Crippen LogP) is 2.43. The van der Waals surface area contributed by atoms with Gasteiger partial charge in [0.1, 0.15) is 5.82 Å². The van der Waals surface area contributed by atoms with Crippen molar-refractivity contribution in [2.24, 2.45) is 0 Å². The van der Waals surface area contributed by atoms with Gasteiger partial charge >= 0.3 is 0 Å². The molecule has 0 amide bonds. The molecule has 0 spiro atoms. The molecule has 0 bridgehead atoms. The summed E-state index contributed by atoms with van der Waals surface area (Å²) in [6.45, 7) is 3.14. The van der Waals surface area contributed by atoms with Gasteiger partial charge in [0.15, 0.2) is 0 Å². The highest BCUT2D eigenvalue weighted by Gasteiger charge is 2.05. The molecule has 1 unspecified atom stereocenters. The van der Waals surface area contributed by atoms with Crippen LogP contribution in [0, 0.1) is 0 Å². The zero-order valence-electron chi connectivity index (χ0n) is 7.70. The molecule has 2 aromatic rings. The van der Waals surface area contributed by atoms with E-state index in [1.54, 1.807) is 0 Å². The third-order valence-electron chi connectivity index (χ3n) is 2.23. The molecule has 1 atom stereocenters. The molecule has 0 aliphatic heterocycles. The molecule has 0 saturated carbocycles. The van der Waals surface area contributed by atoms with Crippen LogP contribution in [-0.4, -0.2) is 9.55 Å². The Morgan fingerprint density at radius 3 is 2.85 bits per heavy atom. The summed E-state index contributed by atoms with van der Waals surface area (Å²) in [4.78, 5) is 4.54. The smallest absolute Gasteiger partial charge is 0.113 e. The van der Waals surface area contributed by atoms with Crippen molar-refractivity contribution in [3.63, 3.8) is 0 Å². The minimum absolute atomic E-state index is 0.919. The average Bonchev–Trinajstić information content (AvgIpc) is 2.55. The van der Waals surface area contributed by atoms with Gasteiger partial charge in [-0.3, -0.25) is 0 Å². The van der Waals surface area contributed by atoms with Gasteiger partial charge in [-0.2, -0.15) is 0 Å². The Labute approximate surface area is 80.2 Å². The molecule has 1 heterocycles. The SMILES string of the molecule is CCn1c(CP)nc2ccccc21. The summed E-state index contributed by atoms with van der Waals surface area (Å²) in [7, 11) is 2.72. The zero-order chi connectivity index (χ0) is 9.26. The monoisotopic (exact) mass is 192 g/mol. The molecule has 3 heteroatoms. The summed E-state index contributed by atoms with van der Waals surface area (Å²) in [5.41, 5.74) is 2.34. The van der Waals surface area contributed by atoms with Crippen LogP contribution in [0.15, 0.2) is 24.3 Å². The average molecular weight is 192 g/mol. The minimum atomic E-state index is 0.919. The third-order valence-corrected chi connectivity index (χ3v) is 2.60. The van der Waals surface area contributed by atoms with Crippen molar-refractivity contribution < 1.29 is 0 Å². The van der Waals surface area contributed by atoms with Gasteiger partial charge in [-0.1, -0.05) is 12.1 Å². The maximum atomic E-state index is 4.54. The molecule has 0 radical (unpaired) electrons. The van der Waals surface area contributed by atoms with Crippen molar-refractivity contribution in [3.8, 4) is 0 Å². The first kappa shape index (κ1) is 8.71. The molecule has 0 aliphatic carbocycles. The highest BCUT2D eigenvalue weighted by Crippen LogP contribution is 2.17. The van der Waals surface area contributed by atoms with Crippen molar-refractivity contribution in [1.82, 2.24) is 9.55 Å². The second-order valence-electron chi connectivity index (χ2n) is 2.97. The van der Waals surface area contributed by atoms with Crippen molar-refractivity contribution in [2.45, 2.75) is 19.6 Å². The number of nitrogens with zero attached hydrogens (tertiary/aromatic N) is 2. The molecule has 13 heavy (non-hydrogen) atoms. The number of rotatable bonds is 2. The normalized spacial score (nSPS) is 10.9. The Balaban J connectivity index is 2.73. The summed E-state index contributed by atoms with van der Waals surface area (Å²) in [5.74, 6) is 1.15. The minimum Gasteiger partial charge on any atom is -0.328 e. The van der Waals surface area contributed by atoms with Crippen LogP contribution in [0.5, 0.6) is 0 Å². The fourth-order valence-corrected chi connectivity index (χ4v) is 1.95. The number of hydrogen-bond donors (Lipinski definition) is 0. The molecular weight excluding hydrogens is 179 g/mol. The van der Waals surface area contributed by atoms with E-state index >= 15 is 0 Å². The molecule has 1 aromatic heterocycles. The fourth-order valence-electron chi connectivity index (χ4n) is 1.63. The summed E-state index contributed by atoms with van der Waals surface area (Å²) in [5, 5.41) is 0. The number of aromatic nitrogens is 2. The Hall–Kier alpha value is -0.880. The molecule has 0 fully saturated rings. The third kappa shape index (κ3) is 1.36. The van der Waals surface area contributed by atoms with E-state index in [9.17, 15) is 0 Å². The molecular formula is C10H13N2P. The Bertz CT molecular complexity index is 420. The lowest BCUT2D eigenvalue weighted by Gasteiger charge is -2.02. The van der Waals surface area contributed by atoms with Crippen LogP contribution >= 0.6 is 9.24 Å². The van der Waals surface area contributed by atoms with Gasteiger partial charge in [0.25, 0.3) is 0 Å². The standard InChI is InChI=1S/C10H13N2P/c1-2-12-9-6-4-3-5-8(9)11-10(12)7-13/h3-6H,2,7,13H2,1H3. The van der Waals surface area contributed by atoms with Crippen LogP contribution in [0.2, 0.25) is 0 Å². The predicted molar refractivity (Wildman–Crippen MR) is 58.8 cm³/mol. The number of fused-ring (bicyclic) bond motifs is 1. The maximum absolute atomic E-state index is 4.54. The van der Waals surface area contributed by atoms with E-state index in [1.165, 1.54) is 5.52 Å². The number of hydrogen-bond acceptors (Lipinski definition) is 1. The van der Waals surface area contributed by atoms with Crippen molar-refractivity contribution in [3.05, 3.63) is 30.1 Å². The Morgan fingerprint density at radius 1 is 1.38 bits per heavy atom. The highest BCUT2D eigenvalue weighted by molar-refractivity contribution is 7.15. The van der Waals surface area contributed by atoms with Gasteiger partial charge in [0.05, 0.1) is 11.0 Å². The first-order chi connectivity index (χ1) is 6.36. The van der Waals surface area contributed by atoms with E-state index in [2.05, 4.69) is 43.9 Å². The van der Waals surface area contributed by atoms with Crippen LogP contribution in [0.4, 0.5) is 0 Å². The summed E-state index contributed by atoms with van der Waals surface area (Å²) >= 11 is 0. The molecule has 68 valence electrons. The summed E-state index contributed by atoms with van der Waals surface area (Å²) in [6, 6.07) is 8.27. The Kier molecular flexibility index (Phi) is 2.32. The number of benzene rings is 1. The molecule has 0 saturated heterocycles. The van der Waals surface area contributed by atoms with Crippen LogP contribution in [0.3, 0.4) is 0 Å². The first-order valence-corrected chi connectivity index (χ1v) is 5.32. The van der Waals surface area contributed by atoms with E-state index in [4.69, 9.17) is 0 Å². The molecule has 1 aromatic carbocycles. The van der Waals surface area contributed by atoms with Gasteiger partial charge in [0, 0.05) is 12.7 Å². The highest BCUT2D eigenvalue weighted by atomic mass is 31.0. The molecule has 2 rings (SSSR count). The van der Waals surface area contributed by atoms with Crippen molar-refractivity contribution in [2.75, 3.05) is 0 Å². The van der Waals surface area contributed by atoms with Crippen LogP contribution in [0.25, 0.3) is 11.0 Å². The molecule has 0 N–H and O–H groups in total. The maximum Gasteiger partial charge on any atom is 0.113 e. The molecule has 0 aliphatic rings. The summed E-state index contributed by atoms with van der Waals surface area (Å²) in [6.07, 6.45) is 0.919. The second-order valence-corrected chi connectivity index (χ2v) is 3.37. The summed E-state index contributed by atoms with van der Waals surface area (Å²) < 4.78 is 2.25. The second kappa shape index (κ2) is 3.47. The van der Waals surface area contributed by atoms with E-state index in [1.807, 2.05) is 6.07 Å². The number of para-hydroxylation sites is 2. The van der Waals surface area contributed by atoms with Crippen LogP contribution < -0.4 is 0 Å². The van der Waals surface area contributed by atoms with E-state index in [0.29, 0.717) is 0 Å². The van der Waals surface area contributed by atoms with Gasteiger partial charge in [-0.25, -0.2) is 4.98 Å². The number of imidazole rings is 1. The first-order valence-electron chi connectivity index (χ1n) is 4.51.